The molecule has 0 aromatic heterocycles. The zero-order chi connectivity index (χ0) is 26.0. The van der Waals surface area contributed by atoms with Crippen LogP contribution in [-0.2, 0) is 22.3 Å². The number of likely N-dealkylation sites (N-methyl/N-ethyl adjacent to an activating group) is 1. The number of carbonyl (C=O) groups is 1. The third-order valence-corrected chi connectivity index (χ3v) is 6.98. The Kier molecular flexibility index (Phi) is 12.1. The summed E-state index contributed by atoms with van der Waals surface area (Å²) in [5, 5.41) is 1.25. The van der Waals surface area contributed by atoms with Crippen LogP contribution >= 0.6 is 46.9 Å². The standard InChI is InChI=1S/C24H25Cl3N4O2S2/c1-16(24(32)31(4)15-18-9-11-20(26)13-23(18)27)12-19(25)10-8-17(2)30-35(33)22-7-5-6-21(14-22)29-34-28-3/h5-13,28,30H,1-2,14-15H2,3-4H3/b10-8-,19-12+,29-21-. The van der Waals surface area contributed by atoms with E-state index in [1.807, 2.05) is 6.08 Å². The molecule has 11 heteroatoms. The number of carbonyl (C=O) groups excluding carboxylic acids is 1. The van der Waals surface area contributed by atoms with Crippen molar-refractivity contribution in [1.82, 2.24) is 14.3 Å². The van der Waals surface area contributed by atoms with Crippen LogP contribution in [0, 0.1) is 0 Å². The maximum atomic E-state index is 12.6. The molecule has 1 aromatic rings. The molecule has 0 saturated carbocycles. The molecule has 0 heterocycles. The van der Waals surface area contributed by atoms with Crippen molar-refractivity contribution in [2.24, 2.45) is 4.40 Å². The monoisotopic (exact) mass is 570 g/mol. The second-order valence-electron chi connectivity index (χ2n) is 7.23. The summed E-state index contributed by atoms with van der Waals surface area (Å²) in [4.78, 5) is 14.8. The van der Waals surface area contributed by atoms with E-state index in [0.717, 1.165) is 11.3 Å². The first-order valence-electron chi connectivity index (χ1n) is 10.2. The summed E-state index contributed by atoms with van der Waals surface area (Å²) in [7, 11) is 1.92. The molecule has 1 aliphatic carbocycles. The topological polar surface area (TPSA) is 73.8 Å². The molecule has 1 atom stereocenters. The highest BCUT2D eigenvalue weighted by atomic mass is 35.5. The fraction of sp³-hybridized carbons (Fsp3) is 0.167. The second kappa shape index (κ2) is 14.5. The number of nitrogens with one attached hydrogen (secondary N) is 2. The van der Waals surface area contributed by atoms with Gasteiger partial charge in [-0.2, -0.15) is 0 Å². The van der Waals surface area contributed by atoms with Gasteiger partial charge in [-0.05, 0) is 55.1 Å². The summed E-state index contributed by atoms with van der Waals surface area (Å²) in [6.07, 6.45) is 10.4. The third-order valence-electron chi connectivity index (χ3n) is 4.44. The second-order valence-corrected chi connectivity index (χ2v) is 10.5. The molecule has 35 heavy (non-hydrogen) atoms. The van der Waals surface area contributed by atoms with E-state index in [0.29, 0.717) is 27.1 Å². The molecule has 1 unspecified atom stereocenters. The molecule has 0 bridgehead atoms. The number of rotatable bonds is 11. The number of benzene rings is 1. The van der Waals surface area contributed by atoms with Crippen molar-refractivity contribution in [2.45, 2.75) is 13.0 Å². The predicted octanol–water partition coefficient (Wildman–Crippen LogP) is 6.02. The van der Waals surface area contributed by atoms with Crippen LogP contribution in [0.3, 0.4) is 0 Å². The molecule has 0 spiro atoms. The van der Waals surface area contributed by atoms with Gasteiger partial charge in [0.05, 0.1) is 17.8 Å². The van der Waals surface area contributed by atoms with Crippen molar-refractivity contribution in [1.29, 1.82) is 0 Å². The van der Waals surface area contributed by atoms with Gasteiger partial charge >= 0.3 is 0 Å². The van der Waals surface area contributed by atoms with Crippen molar-refractivity contribution in [3.63, 3.8) is 0 Å². The Hall–Kier alpha value is -2.07. The minimum absolute atomic E-state index is 0.194. The quantitative estimate of drug-likeness (QED) is 0.193. The number of halogens is 3. The Labute approximate surface area is 228 Å². The van der Waals surface area contributed by atoms with Gasteiger partial charge in [0.2, 0.25) is 0 Å². The molecule has 0 radical (unpaired) electrons. The first-order chi connectivity index (χ1) is 16.6. The molecule has 2 rings (SSSR count). The Morgan fingerprint density at radius 1 is 1.31 bits per heavy atom. The molecule has 186 valence electrons. The highest BCUT2D eigenvalue weighted by Gasteiger charge is 2.14. The summed E-state index contributed by atoms with van der Waals surface area (Å²) in [6.45, 7) is 7.93. The Bertz CT molecular complexity index is 1170. The smallest absolute Gasteiger partial charge is 0.253 e. The van der Waals surface area contributed by atoms with Crippen LogP contribution in [-0.4, -0.2) is 34.8 Å². The van der Waals surface area contributed by atoms with Crippen LogP contribution in [0.2, 0.25) is 10.0 Å². The first-order valence-corrected chi connectivity index (χ1v) is 13.2. The van der Waals surface area contributed by atoms with Gasteiger partial charge in [0.1, 0.15) is 11.0 Å². The summed E-state index contributed by atoms with van der Waals surface area (Å²) in [5.74, 6) is -0.313. The van der Waals surface area contributed by atoms with E-state index in [1.165, 1.54) is 29.2 Å². The number of nitrogens with zero attached hydrogens (tertiary/aromatic N) is 2. The Balaban J connectivity index is 1.91. The molecule has 0 aliphatic heterocycles. The highest BCUT2D eigenvalue weighted by Crippen LogP contribution is 2.23. The fourth-order valence-corrected chi connectivity index (χ4v) is 4.67. The maximum absolute atomic E-state index is 12.6. The van der Waals surface area contributed by atoms with E-state index in [9.17, 15) is 9.00 Å². The van der Waals surface area contributed by atoms with Crippen molar-refractivity contribution in [2.75, 3.05) is 14.1 Å². The maximum Gasteiger partial charge on any atom is 0.253 e. The van der Waals surface area contributed by atoms with E-state index >= 15 is 0 Å². The summed E-state index contributed by atoms with van der Waals surface area (Å²) in [5.41, 5.74) is 2.14. The van der Waals surface area contributed by atoms with Gasteiger partial charge in [0.25, 0.3) is 5.91 Å². The van der Waals surface area contributed by atoms with Crippen LogP contribution in [0.25, 0.3) is 0 Å². The van der Waals surface area contributed by atoms with E-state index < -0.39 is 11.0 Å². The molecule has 0 saturated heterocycles. The van der Waals surface area contributed by atoms with Crippen LogP contribution in [0.5, 0.6) is 0 Å². The summed E-state index contributed by atoms with van der Waals surface area (Å²) in [6, 6.07) is 5.10. The summed E-state index contributed by atoms with van der Waals surface area (Å²) < 4.78 is 22.6. The van der Waals surface area contributed by atoms with Gasteiger partial charge in [0.15, 0.2) is 0 Å². The van der Waals surface area contributed by atoms with Crippen molar-refractivity contribution in [3.05, 3.63) is 105 Å². The highest BCUT2D eigenvalue weighted by molar-refractivity contribution is 7.96. The predicted molar refractivity (Wildman–Crippen MR) is 151 cm³/mol. The molecule has 2 N–H and O–H groups in total. The lowest BCUT2D eigenvalue weighted by molar-refractivity contribution is -0.126. The van der Waals surface area contributed by atoms with Gasteiger partial charge in [-0.1, -0.05) is 60.1 Å². The SMILES string of the molecule is C=C(/C=C\C(Cl)=C/C(=C)C(=O)N(C)Cc1ccc(Cl)cc1Cl)NS(=O)C1=CC=C/C(=N/SNC)C1. The lowest BCUT2D eigenvalue weighted by atomic mass is 10.2. The number of amides is 1. The first kappa shape index (κ1) is 29.2. The number of hydrogen-bond acceptors (Lipinski definition) is 5. The van der Waals surface area contributed by atoms with Crippen LogP contribution in [0.4, 0.5) is 0 Å². The Morgan fingerprint density at radius 3 is 2.74 bits per heavy atom. The fourth-order valence-electron chi connectivity index (χ4n) is 2.75. The molecule has 1 aromatic carbocycles. The molecule has 0 fully saturated rings. The average Bonchev–Trinajstić information content (AvgIpc) is 2.82. The van der Waals surface area contributed by atoms with E-state index in [-0.39, 0.29) is 23.1 Å². The lowest BCUT2D eigenvalue weighted by Gasteiger charge is -2.18. The van der Waals surface area contributed by atoms with E-state index in [2.05, 4.69) is 27.0 Å². The average molecular weight is 572 g/mol. The Morgan fingerprint density at radius 2 is 2.06 bits per heavy atom. The van der Waals surface area contributed by atoms with Crippen molar-refractivity contribution in [3.8, 4) is 0 Å². The zero-order valence-corrected chi connectivity index (χ0v) is 23.1. The molecule has 1 aliphatic rings. The zero-order valence-electron chi connectivity index (χ0n) is 19.2. The van der Waals surface area contributed by atoms with Gasteiger partial charge in [-0.3, -0.25) is 4.79 Å². The van der Waals surface area contributed by atoms with Gasteiger partial charge < -0.3 is 9.62 Å². The van der Waals surface area contributed by atoms with E-state index in [1.54, 1.807) is 50.5 Å². The molecule has 1 amide bonds. The molecular weight excluding hydrogens is 547 g/mol. The minimum atomic E-state index is -1.49. The largest absolute Gasteiger partial charge is 0.337 e. The molecular formula is C24H25Cl3N4O2S2. The minimum Gasteiger partial charge on any atom is -0.337 e. The number of hydrogen-bond donors (Lipinski definition) is 2. The van der Waals surface area contributed by atoms with Crippen LogP contribution < -0.4 is 9.44 Å². The number of allylic oxidation sites excluding steroid dienone is 7. The van der Waals surface area contributed by atoms with Crippen molar-refractivity contribution < 1.29 is 9.00 Å². The van der Waals surface area contributed by atoms with Gasteiger partial charge in [-0.25, -0.2) is 13.3 Å². The molecule has 6 nitrogen and oxygen atoms in total. The normalized spacial score (nSPS) is 15.7. The van der Waals surface area contributed by atoms with Gasteiger partial charge in [0, 0.05) is 51.3 Å². The van der Waals surface area contributed by atoms with Gasteiger partial charge in [-0.15, -0.1) is 0 Å². The third kappa shape index (κ3) is 9.83. The van der Waals surface area contributed by atoms with Crippen LogP contribution in [0.15, 0.2) is 93.4 Å². The lowest BCUT2D eigenvalue weighted by Crippen LogP contribution is -2.27. The van der Waals surface area contributed by atoms with Crippen molar-refractivity contribution >= 4 is 69.5 Å². The van der Waals surface area contributed by atoms with E-state index in [4.69, 9.17) is 34.8 Å². The summed E-state index contributed by atoms with van der Waals surface area (Å²) >= 11 is 19.6. The van der Waals surface area contributed by atoms with Crippen LogP contribution in [0.1, 0.15) is 12.0 Å².